The Hall–Kier alpha value is -2.51. The van der Waals surface area contributed by atoms with Crippen molar-refractivity contribution in [2.45, 2.75) is 0 Å². The first-order chi connectivity index (χ1) is 8.81. The molecule has 0 unspecified atom stereocenters. The predicted molar refractivity (Wildman–Crippen MR) is 70.9 cm³/mol. The molecule has 3 nitrogen and oxygen atoms in total. The SMILES string of the molecule is C=C=Cc1cccc(Oc2cccc(OC)c2)n1. The molecule has 0 spiro atoms. The Kier molecular flexibility index (Phi) is 3.79. The Morgan fingerprint density at radius 1 is 1.17 bits per heavy atom. The van der Waals surface area contributed by atoms with Gasteiger partial charge in [-0.2, -0.15) is 0 Å². The molecule has 2 rings (SSSR count). The molecule has 0 atom stereocenters. The van der Waals surface area contributed by atoms with Crippen LogP contribution in [0.5, 0.6) is 17.4 Å². The van der Waals surface area contributed by atoms with Crippen molar-refractivity contribution in [3.8, 4) is 17.4 Å². The molecule has 3 heteroatoms. The fourth-order valence-corrected chi connectivity index (χ4v) is 1.46. The summed E-state index contributed by atoms with van der Waals surface area (Å²) < 4.78 is 10.8. The van der Waals surface area contributed by atoms with Crippen LogP contribution in [-0.4, -0.2) is 12.1 Å². The van der Waals surface area contributed by atoms with E-state index in [0.29, 0.717) is 11.6 Å². The molecule has 2 aromatic rings. The molecule has 0 fully saturated rings. The van der Waals surface area contributed by atoms with E-state index in [1.807, 2.05) is 30.3 Å². The first-order valence-corrected chi connectivity index (χ1v) is 5.46. The van der Waals surface area contributed by atoms with Crippen molar-refractivity contribution >= 4 is 6.08 Å². The van der Waals surface area contributed by atoms with Crippen LogP contribution in [-0.2, 0) is 0 Å². The lowest BCUT2D eigenvalue weighted by Gasteiger charge is -2.06. The Morgan fingerprint density at radius 2 is 1.94 bits per heavy atom. The molecule has 18 heavy (non-hydrogen) atoms. The highest BCUT2D eigenvalue weighted by atomic mass is 16.5. The van der Waals surface area contributed by atoms with E-state index in [2.05, 4.69) is 17.3 Å². The largest absolute Gasteiger partial charge is 0.497 e. The number of hydrogen-bond donors (Lipinski definition) is 0. The van der Waals surface area contributed by atoms with Crippen LogP contribution >= 0.6 is 0 Å². The van der Waals surface area contributed by atoms with Gasteiger partial charge in [-0.3, -0.25) is 0 Å². The summed E-state index contributed by atoms with van der Waals surface area (Å²) in [6.07, 6.45) is 1.69. The average Bonchev–Trinajstić information content (AvgIpc) is 2.40. The summed E-state index contributed by atoms with van der Waals surface area (Å²) in [4.78, 5) is 4.29. The maximum atomic E-state index is 5.65. The van der Waals surface area contributed by atoms with E-state index in [9.17, 15) is 0 Å². The molecular formula is C15H13NO2. The van der Waals surface area contributed by atoms with E-state index in [1.54, 1.807) is 25.3 Å². The van der Waals surface area contributed by atoms with E-state index in [0.717, 1.165) is 11.4 Å². The summed E-state index contributed by atoms with van der Waals surface area (Å²) in [7, 11) is 1.62. The van der Waals surface area contributed by atoms with Gasteiger partial charge in [0.15, 0.2) is 0 Å². The van der Waals surface area contributed by atoms with Crippen molar-refractivity contribution in [3.63, 3.8) is 0 Å². The monoisotopic (exact) mass is 239 g/mol. The summed E-state index contributed by atoms with van der Waals surface area (Å²) >= 11 is 0. The number of ether oxygens (including phenoxy) is 2. The molecule has 0 aliphatic heterocycles. The van der Waals surface area contributed by atoms with E-state index in [-0.39, 0.29) is 0 Å². The molecule has 0 aliphatic rings. The van der Waals surface area contributed by atoms with Gasteiger partial charge in [0.2, 0.25) is 5.88 Å². The zero-order chi connectivity index (χ0) is 12.8. The highest BCUT2D eigenvalue weighted by Crippen LogP contribution is 2.23. The smallest absolute Gasteiger partial charge is 0.219 e. The van der Waals surface area contributed by atoms with E-state index in [1.165, 1.54) is 0 Å². The Morgan fingerprint density at radius 3 is 2.72 bits per heavy atom. The van der Waals surface area contributed by atoms with Gasteiger partial charge in [0.25, 0.3) is 0 Å². The molecule has 90 valence electrons. The molecular weight excluding hydrogens is 226 g/mol. The van der Waals surface area contributed by atoms with Crippen LogP contribution < -0.4 is 9.47 Å². The minimum Gasteiger partial charge on any atom is -0.497 e. The number of hydrogen-bond acceptors (Lipinski definition) is 3. The van der Waals surface area contributed by atoms with Crippen LogP contribution in [0.25, 0.3) is 6.08 Å². The minimum atomic E-state index is 0.521. The third-order valence-electron chi connectivity index (χ3n) is 2.26. The van der Waals surface area contributed by atoms with Gasteiger partial charge in [0.05, 0.1) is 12.8 Å². The van der Waals surface area contributed by atoms with Crippen molar-refractivity contribution in [3.05, 3.63) is 60.5 Å². The van der Waals surface area contributed by atoms with Gasteiger partial charge < -0.3 is 9.47 Å². The summed E-state index contributed by atoms with van der Waals surface area (Å²) in [6.45, 7) is 3.51. The standard InChI is InChI=1S/C15H13NO2/c1-3-6-12-7-4-10-15(16-12)18-14-9-5-8-13(11-14)17-2/h4-11H,1H2,2H3. The summed E-state index contributed by atoms with van der Waals surface area (Å²) in [5.41, 5.74) is 3.44. The molecule has 0 N–H and O–H groups in total. The zero-order valence-electron chi connectivity index (χ0n) is 10.1. The lowest BCUT2D eigenvalue weighted by atomic mass is 10.3. The summed E-state index contributed by atoms with van der Waals surface area (Å²) in [6, 6.07) is 12.9. The fraction of sp³-hybridized carbons (Fsp3) is 0.0667. The third-order valence-corrected chi connectivity index (χ3v) is 2.26. The van der Waals surface area contributed by atoms with Crippen LogP contribution in [0.1, 0.15) is 5.69 Å². The van der Waals surface area contributed by atoms with Crippen LogP contribution in [0.15, 0.2) is 54.8 Å². The maximum Gasteiger partial charge on any atom is 0.219 e. The summed E-state index contributed by atoms with van der Waals surface area (Å²) in [5.74, 6) is 1.95. The molecule has 0 amide bonds. The molecule has 0 aliphatic carbocycles. The van der Waals surface area contributed by atoms with Gasteiger partial charge in [-0.1, -0.05) is 18.7 Å². The van der Waals surface area contributed by atoms with Crippen molar-refractivity contribution in [2.24, 2.45) is 0 Å². The second-order valence-electron chi connectivity index (χ2n) is 3.53. The number of pyridine rings is 1. The van der Waals surface area contributed by atoms with Crippen LogP contribution in [0.4, 0.5) is 0 Å². The summed E-state index contributed by atoms with van der Waals surface area (Å²) in [5, 5.41) is 0. The molecule has 0 bridgehead atoms. The zero-order valence-corrected chi connectivity index (χ0v) is 10.1. The minimum absolute atomic E-state index is 0.521. The topological polar surface area (TPSA) is 31.4 Å². The quantitative estimate of drug-likeness (QED) is 0.763. The van der Waals surface area contributed by atoms with E-state index >= 15 is 0 Å². The van der Waals surface area contributed by atoms with Crippen molar-refractivity contribution in [1.82, 2.24) is 4.98 Å². The second-order valence-corrected chi connectivity index (χ2v) is 3.53. The van der Waals surface area contributed by atoms with Crippen LogP contribution in [0.3, 0.4) is 0 Å². The number of methoxy groups -OCH3 is 1. The van der Waals surface area contributed by atoms with Crippen LogP contribution in [0.2, 0.25) is 0 Å². The van der Waals surface area contributed by atoms with Gasteiger partial charge in [-0.25, -0.2) is 4.98 Å². The van der Waals surface area contributed by atoms with Gasteiger partial charge in [-0.15, -0.1) is 5.73 Å². The Labute approximate surface area is 106 Å². The Bertz CT molecular complexity index is 587. The lowest BCUT2D eigenvalue weighted by Crippen LogP contribution is -1.90. The Balaban J connectivity index is 2.22. The van der Waals surface area contributed by atoms with E-state index < -0.39 is 0 Å². The molecule has 0 radical (unpaired) electrons. The highest BCUT2D eigenvalue weighted by molar-refractivity contribution is 5.44. The number of rotatable bonds is 4. The first kappa shape index (κ1) is 12.0. The number of aromatic nitrogens is 1. The van der Waals surface area contributed by atoms with Gasteiger partial charge >= 0.3 is 0 Å². The molecule has 1 aromatic carbocycles. The van der Waals surface area contributed by atoms with Crippen molar-refractivity contribution < 1.29 is 9.47 Å². The normalized spacial score (nSPS) is 9.39. The molecule has 1 heterocycles. The van der Waals surface area contributed by atoms with Gasteiger partial charge in [-0.05, 0) is 18.2 Å². The van der Waals surface area contributed by atoms with Gasteiger partial charge in [0.1, 0.15) is 11.5 Å². The number of benzene rings is 1. The maximum absolute atomic E-state index is 5.65. The van der Waals surface area contributed by atoms with E-state index in [4.69, 9.17) is 9.47 Å². The number of nitrogens with zero attached hydrogens (tertiary/aromatic N) is 1. The third kappa shape index (κ3) is 3.00. The van der Waals surface area contributed by atoms with Gasteiger partial charge in [0, 0.05) is 18.2 Å². The van der Waals surface area contributed by atoms with Crippen molar-refractivity contribution in [1.29, 1.82) is 0 Å². The first-order valence-electron chi connectivity index (χ1n) is 5.46. The average molecular weight is 239 g/mol. The molecule has 0 saturated carbocycles. The van der Waals surface area contributed by atoms with Crippen LogP contribution in [0, 0.1) is 0 Å². The highest BCUT2D eigenvalue weighted by Gasteiger charge is 2.00. The second kappa shape index (κ2) is 5.71. The molecule has 0 saturated heterocycles. The lowest BCUT2D eigenvalue weighted by molar-refractivity contribution is 0.407. The molecule has 1 aromatic heterocycles. The fourth-order valence-electron chi connectivity index (χ4n) is 1.46. The predicted octanol–water partition coefficient (Wildman–Crippen LogP) is 3.68. The van der Waals surface area contributed by atoms with Crippen molar-refractivity contribution in [2.75, 3.05) is 7.11 Å².